The van der Waals surface area contributed by atoms with Crippen LogP contribution in [0.2, 0.25) is 0 Å². The van der Waals surface area contributed by atoms with Gasteiger partial charge in [0.1, 0.15) is 11.5 Å². The first-order valence-electron chi connectivity index (χ1n) is 5.22. The van der Waals surface area contributed by atoms with Crippen LogP contribution in [-0.2, 0) is 7.05 Å². The van der Waals surface area contributed by atoms with Crippen LogP contribution in [0.5, 0.6) is 0 Å². The summed E-state index contributed by atoms with van der Waals surface area (Å²) in [7, 11) is 1.83. The van der Waals surface area contributed by atoms with E-state index in [1.807, 2.05) is 31.3 Å². The predicted molar refractivity (Wildman–Crippen MR) is 72.6 cm³/mol. The van der Waals surface area contributed by atoms with Crippen molar-refractivity contribution in [1.29, 1.82) is 0 Å². The molecule has 3 N–H and O–H groups in total. The van der Waals surface area contributed by atoms with Crippen LogP contribution in [0, 0.1) is 0 Å². The van der Waals surface area contributed by atoms with Gasteiger partial charge in [0.05, 0.1) is 5.69 Å². The Balaban J connectivity index is 2.21. The van der Waals surface area contributed by atoms with Crippen LogP contribution < -0.4 is 5.73 Å². The van der Waals surface area contributed by atoms with Crippen LogP contribution in [0.4, 0.5) is 5.82 Å². The molecule has 2 heterocycles. The first kappa shape index (κ1) is 10.4. The fourth-order valence-electron chi connectivity index (χ4n) is 1.87. The first-order chi connectivity index (χ1) is 8.15. The van der Waals surface area contributed by atoms with E-state index < -0.39 is 0 Å². The van der Waals surface area contributed by atoms with E-state index in [4.69, 9.17) is 5.73 Å². The molecular formula is C12H11BrN4. The number of anilines is 1. The van der Waals surface area contributed by atoms with E-state index >= 15 is 0 Å². The zero-order valence-corrected chi connectivity index (χ0v) is 10.8. The molecule has 0 aliphatic carbocycles. The van der Waals surface area contributed by atoms with Crippen LogP contribution >= 0.6 is 15.9 Å². The molecule has 0 bridgehead atoms. The summed E-state index contributed by atoms with van der Waals surface area (Å²) in [4.78, 5) is 3.33. The molecule has 0 spiro atoms. The summed E-state index contributed by atoms with van der Waals surface area (Å²) in [5.74, 6) is 0.651. The average molecular weight is 291 g/mol. The minimum absolute atomic E-state index is 0.651. The van der Waals surface area contributed by atoms with Crippen LogP contribution in [0.1, 0.15) is 0 Å². The minimum Gasteiger partial charge on any atom is -0.384 e. The number of fused-ring (bicyclic) bond motifs is 1. The lowest BCUT2D eigenvalue weighted by Gasteiger charge is -1.90. The Labute approximate surface area is 107 Å². The van der Waals surface area contributed by atoms with Gasteiger partial charge in [0.25, 0.3) is 0 Å². The number of hydrogen-bond donors (Lipinski definition) is 2. The topological polar surface area (TPSA) is 59.6 Å². The molecule has 2 aromatic heterocycles. The number of aromatic amines is 1. The molecule has 0 radical (unpaired) electrons. The second-order valence-electron chi connectivity index (χ2n) is 3.96. The van der Waals surface area contributed by atoms with E-state index in [1.54, 1.807) is 4.68 Å². The molecule has 3 aromatic rings. The van der Waals surface area contributed by atoms with E-state index in [-0.39, 0.29) is 0 Å². The van der Waals surface area contributed by atoms with Gasteiger partial charge in [-0.2, -0.15) is 5.10 Å². The lowest BCUT2D eigenvalue weighted by molar-refractivity contribution is 0.781. The molecular weight excluding hydrogens is 280 g/mol. The second kappa shape index (κ2) is 3.63. The Morgan fingerprint density at radius 3 is 2.82 bits per heavy atom. The third kappa shape index (κ3) is 1.63. The molecule has 1 aromatic carbocycles. The maximum absolute atomic E-state index is 5.78. The average Bonchev–Trinajstić information content (AvgIpc) is 2.85. The molecule has 4 nitrogen and oxygen atoms in total. The largest absolute Gasteiger partial charge is 0.384 e. The highest BCUT2D eigenvalue weighted by Crippen LogP contribution is 2.29. The van der Waals surface area contributed by atoms with Crippen LogP contribution in [-0.4, -0.2) is 14.8 Å². The van der Waals surface area contributed by atoms with Crippen molar-refractivity contribution in [3.63, 3.8) is 0 Å². The summed E-state index contributed by atoms with van der Waals surface area (Å²) in [6, 6.07) is 9.99. The van der Waals surface area contributed by atoms with Gasteiger partial charge in [0, 0.05) is 28.5 Å². The van der Waals surface area contributed by atoms with Gasteiger partial charge in [-0.1, -0.05) is 22.0 Å². The maximum atomic E-state index is 5.78. The van der Waals surface area contributed by atoms with E-state index in [0.29, 0.717) is 5.82 Å². The highest BCUT2D eigenvalue weighted by molar-refractivity contribution is 9.10. The zero-order valence-electron chi connectivity index (χ0n) is 9.24. The number of nitrogens with two attached hydrogens (primary N) is 1. The monoisotopic (exact) mass is 290 g/mol. The number of H-pyrrole nitrogens is 1. The molecule has 5 heteroatoms. The standard InChI is InChI=1S/C12H11BrN4/c1-17-12(14)6-11(16-17)10-5-7-8(13)3-2-4-9(7)15-10/h2-6,15H,14H2,1H3. The van der Waals surface area contributed by atoms with Gasteiger partial charge in [-0.3, -0.25) is 4.68 Å². The summed E-state index contributed by atoms with van der Waals surface area (Å²) < 4.78 is 2.73. The number of hydrogen-bond acceptors (Lipinski definition) is 2. The summed E-state index contributed by atoms with van der Waals surface area (Å²) in [6.07, 6.45) is 0. The van der Waals surface area contributed by atoms with Crippen LogP contribution in [0.3, 0.4) is 0 Å². The molecule has 3 rings (SSSR count). The quantitative estimate of drug-likeness (QED) is 0.724. The van der Waals surface area contributed by atoms with Crippen LogP contribution in [0.25, 0.3) is 22.3 Å². The molecule has 86 valence electrons. The number of nitrogens with zero attached hydrogens (tertiary/aromatic N) is 2. The van der Waals surface area contributed by atoms with Gasteiger partial charge in [0.15, 0.2) is 0 Å². The SMILES string of the molecule is Cn1nc(-c2cc3c(Br)cccc3[nH]2)cc1N. The number of nitrogens with one attached hydrogen (secondary N) is 1. The highest BCUT2D eigenvalue weighted by Gasteiger charge is 2.09. The molecule has 0 unspecified atom stereocenters. The van der Waals surface area contributed by atoms with Crippen molar-refractivity contribution in [2.24, 2.45) is 7.05 Å². The summed E-state index contributed by atoms with van der Waals surface area (Å²) in [5.41, 5.74) is 8.69. The van der Waals surface area contributed by atoms with Gasteiger partial charge >= 0.3 is 0 Å². The lowest BCUT2D eigenvalue weighted by Crippen LogP contribution is -1.96. The number of aromatic nitrogens is 3. The Morgan fingerprint density at radius 2 is 2.18 bits per heavy atom. The van der Waals surface area contributed by atoms with Crippen molar-refractivity contribution in [1.82, 2.24) is 14.8 Å². The predicted octanol–water partition coefficient (Wildman–Crippen LogP) is 2.91. The Morgan fingerprint density at radius 1 is 1.35 bits per heavy atom. The number of benzene rings is 1. The first-order valence-corrected chi connectivity index (χ1v) is 6.01. The highest BCUT2D eigenvalue weighted by atomic mass is 79.9. The van der Waals surface area contributed by atoms with Crippen molar-refractivity contribution in [2.75, 3.05) is 5.73 Å². The fraction of sp³-hybridized carbons (Fsp3) is 0.0833. The van der Waals surface area contributed by atoms with Crippen LogP contribution in [0.15, 0.2) is 34.8 Å². The Bertz CT molecular complexity index is 676. The Hall–Kier alpha value is -1.75. The maximum Gasteiger partial charge on any atom is 0.122 e. The number of aryl methyl sites for hydroxylation is 1. The Kier molecular flexibility index (Phi) is 2.22. The molecule has 0 fully saturated rings. The van der Waals surface area contributed by atoms with Gasteiger partial charge in [-0.25, -0.2) is 0 Å². The van der Waals surface area contributed by atoms with Gasteiger partial charge in [-0.15, -0.1) is 0 Å². The molecule has 0 aliphatic rings. The molecule has 0 amide bonds. The summed E-state index contributed by atoms with van der Waals surface area (Å²) in [5, 5.41) is 5.50. The van der Waals surface area contributed by atoms with Crippen molar-refractivity contribution < 1.29 is 0 Å². The van der Waals surface area contributed by atoms with Crippen molar-refractivity contribution in [2.45, 2.75) is 0 Å². The van der Waals surface area contributed by atoms with Crippen molar-refractivity contribution in [3.8, 4) is 11.4 Å². The zero-order chi connectivity index (χ0) is 12.0. The second-order valence-corrected chi connectivity index (χ2v) is 4.82. The molecule has 0 saturated carbocycles. The number of nitrogen functional groups attached to an aromatic ring is 1. The molecule has 0 saturated heterocycles. The van der Waals surface area contributed by atoms with Gasteiger partial charge in [0.2, 0.25) is 0 Å². The number of rotatable bonds is 1. The lowest BCUT2D eigenvalue weighted by atomic mass is 10.2. The molecule has 17 heavy (non-hydrogen) atoms. The van der Waals surface area contributed by atoms with E-state index in [0.717, 1.165) is 26.8 Å². The third-order valence-corrected chi connectivity index (χ3v) is 3.49. The minimum atomic E-state index is 0.651. The van der Waals surface area contributed by atoms with Gasteiger partial charge < -0.3 is 10.7 Å². The van der Waals surface area contributed by atoms with Crippen molar-refractivity contribution >= 4 is 32.7 Å². The van der Waals surface area contributed by atoms with Crippen molar-refractivity contribution in [3.05, 3.63) is 34.8 Å². The number of halogens is 1. The third-order valence-electron chi connectivity index (χ3n) is 2.80. The smallest absolute Gasteiger partial charge is 0.122 e. The molecule has 0 atom stereocenters. The van der Waals surface area contributed by atoms with E-state index in [1.165, 1.54) is 0 Å². The van der Waals surface area contributed by atoms with E-state index in [2.05, 4.69) is 32.1 Å². The molecule has 0 aliphatic heterocycles. The van der Waals surface area contributed by atoms with E-state index in [9.17, 15) is 0 Å². The fourth-order valence-corrected chi connectivity index (χ4v) is 2.35. The normalized spacial score (nSPS) is 11.2. The summed E-state index contributed by atoms with van der Waals surface area (Å²) in [6.45, 7) is 0. The summed E-state index contributed by atoms with van der Waals surface area (Å²) >= 11 is 3.53. The van der Waals surface area contributed by atoms with Gasteiger partial charge in [-0.05, 0) is 18.2 Å².